The Morgan fingerprint density at radius 3 is 2.46 bits per heavy atom. The summed E-state index contributed by atoms with van der Waals surface area (Å²) in [5.41, 5.74) is 1.29. The third-order valence-electron chi connectivity index (χ3n) is 4.72. The number of amides is 1. The number of nitrogens with zero attached hydrogens (tertiary/aromatic N) is 2. The van der Waals surface area contributed by atoms with Gasteiger partial charge in [0, 0.05) is 23.4 Å². The van der Waals surface area contributed by atoms with Crippen molar-refractivity contribution in [1.82, 2.24) is 4.90 Å². The van der Waals surface area contributed by atoms with Crippen LogP contribution in [0.2, 0.25) is 0 Å². The van der Waals surface area contributed by atoms with Crippen molar-refractivity contribution in [3.8, 4) is 0 Å². The van der Waals surface area contributed by atoms with Crippen LogP contribution in [-0.4, -0.2) is 28.2 Å². The van der Waals surface area contributed by atoms with Gasteiger partial charge in [0.2, 0.25) is 0 Å². The molecule has 2 heterocycles. The van der Waals surface area contributed by atoms with Crippen LogP contribution < -0.4 is 4.90 Å². The fourth-order valence-corrected chi connectivity index (χ4v) is 5.87. The van der Waals surface area contributed by atoms with Crippen LogP contribution in [0.1, 0.15) is 13.8 Å². The van der Waals surface area contributed by atoms with Crippen molar-refractivity contribution in [2.75, 3.05) is 18.0 Å². The molecule has 4 rings (SSSR count). The van der Waals surface area contributed by atoms with Gasteiger partial charge < -0.3 is 4.90 Å². The summed E-state index contributed by atoms with van der Waals surface area (Å²) in [6, 6.07) is 12.9. The molecule has 0 saturated carbocycles. The first-order valence-corrected chi connectivity index (χ1v) is 11.3. The summed E-state index contributed by atoms with van der Waals surface area (Å²) >= 11 is 8.40. The highest BCUT2D eigenvalue weighted by Crippen LogP contribution is 2.49. The summed E-state index contributed by atoms with van der Waals surface area (Å²) in [5, 5.41) is 3.74. The molecule has 2 aliphatic heterocycles. The molecule has 1 amide bonds. The molecule has 2 aromatic carbocycles. The monoisotopic (exact) mass is 424 g/mol. The highest BCUT2D eigenvalue weighted by molar-refractivity contribution is 8.26. The predicted molar refractivity (Wildman–Crippen MR) is 126 cm³/mol. The summed E-state index contributed by atoms with van der Waals surface area (Å²) in [7, 11) is 0. The third-order valence-corrected chi connectivity index (χ3v) is 7.23. The Balaban J connectivity index is 1.58. The number of likely N-dealkylation sites (N-methyl/N-ethyl adjacent to an activating group) is 1. The van der Waals surface area contributed by atoms with Gasteiger partial charge in [0.1, 0.15) is 4.32 Å². The average molecular weight is 425 g/mol. The van der Waals surface area contributed by atoms with Gasteiger partial charge in [-0.25, -0.2) is 0 Å². The summed E-state index contributed by atoms with van der Waals surface area (Å²) in [6.07, 6.45) is 7.88. The molecule has 0 spiro atoms. The maximum absolute atomic E-state index is 12.3. The van der Waals surface area contributed by atoms with Gasteiger partial charge in [-0.2, -0.15) is 0 Å². The number of benzene rings is 2. The number of hydrogen-bond donors (Lipinski definition) is 0. The molecule has 2 aliphatic rings. The van der Waals surface area contributed by atoms with E-state index in [1.807, 2.05) is 25.2 Å². The fraction of sp³-hybridized carbons (Fsp3) is 0.182. The highest BCUT2D eigenvalue weighted by atomic mass is 32.2. The Bertz CT molecular complexity index is 1050. The Kier molecular flexibility index (Phi) is 5.62. The maximum Gasteiger partial charge on any atom is 0.266 e. The molecule has 3 nitrogen and oxygen atoms in total. The van der Waals surface area contributed by atoms with Crippen LogP contribution >= 0.6 is 35.7 Å². The van der Waals surface area contributed by atoms with E-state index in [0.29, 0.717) is 15.8 Å². The largest absolute Gasteiger partial charge is 0.335 e. The van der Waals surface area contributed by atoms with Gasteiger partial charge >= 0.3 is 0 Å². The Morgan fingerprint density at radius 2 is 1.71 bits per heavy atom. The molecule has 0 unspecified atom stereocenters. The van der Waals surface area contributed by atoms with Crippen molar-refractivity contribution in [3.63, 3.8) is 0 Å². The second-order valence-electron chi connectivity index (χ2n) is 6.32. The Morgan fingerprint density at radius 1 is 0.964 bits per heavy atom. The van der Waals surface area contributed by atoms with Crippen molar-refractivity contribution in [2.24, 2.45) is 0 Å². The molecule has 0 aliphatic carbocycles. The van der Waals surface area contributed by atoms with Gasteiger partial charge in [0.15, 0.2) is 0 Å². The zero-order valence-electron chi connectivity index (χ0n) is 15.7. The molecule has 0 atom stereocenters. The number of carbonyl (C=O) groups is 1. The van der Waals surface area contributed by atoms with Crippen LogP contribution in [0.15, 0.2) is 75.5 Å². The summed E-state index contributed by atoms with van der Waals surface area (Å²) < 4.78 is 0.635. The number of rotatable bonds is 4. The van der Waals surface area contributed by atoms with Crippen LogP contribution in [0.4, 0.5) is 5.69 Å². The van der Waals surface area contributed by atoms with Crippen molar-refractivity contribution in [2.45, 2.75) is 18.7 Å². The van der Waals surface area contributed by atoms with Crippen LogP contribution in [0.25, 0.3) is 10.8 Å². The molecular weight excluding hydrogens is 404 g/mol. The zero-order valence-corrected chi connectivity index (χ0v) is 18.2. The number of thiocarbonyl (C=S) groups is 1. The van der Waals surface area contributed by atoms with E-state index < -0.39 is 0 Å². The number of fused-ring (bicyclic) bond motifs is 3. The lowest BCUT2D eigenvalue weighted by Gasteiger charge is -2.19. The van der Waals surface area contributed by atoms with Gasteiger partial charge in [-0.05, 0) is 37.5 Å². The van der Waals surface area contributed by atoms with Crippen molar-refractivity contribution < 1.29 is 4.79 Å². The molecular formula is C22H20N2OS3. The van der Waals surface area contributed by atoms with E-state index in [1.165, 1.54) is 38.1 Å². The Labute approximate surface area is 179 Å². The first-order valence-electron chi connectivity index (χ1n) is 9.23. The summed E-state index contributed by atoms with van der Waals surface area (Å²) in [4.78, 5) is 18.2. The molecule has 6 heteroatoms. The molecule has 2 aromatic rings. The molecule has 142 valence electrons. The second-order valence-corrected chi connectivity index (χ2v) is 9.06. The first-order chi connectivity index (χ1) is 13.6. The molecule has 0 aromatic heterocycles. The minimum absolute atomic E-state index is 0.000830. The standard InChI is InChI=1S/C22H20N2OS3/c1-3-23-19(12-8-7-11-18-21(25)24(4-2)22(26)28-18)27-17-14-13-15-9-5-6-10-16(15)20(17)23/h5-14H,3-4H2,1-2H3. The molecule has 1 saturated heterocycles. The second kappa shape index (κ2) is 8.15. The van der Waals surface area contributed by atoms with Crippen molar-refractivity contribution in [1.29, 1.82) is 0 Å². The molecule has 0 N–H and O–H groups in total. The van der Waals surface area contributed by atoms with E-state index in [4.69, 9.17) is 12.2 Å². The lowest BCUT2D eigenvalue weighted by atomic mass is 10.1. The smallest absolute Gasteiger partial charge is 0.266 e. The van der Waals surface area contributed by atoms with Gasteiger partial charge in [0.25, 0.3) is 5.91 Å². The molecule has 1 fully saturated rings. The Hall–Kier alpha value is -2.02. The van der Waals surface area contributed by atoms with E-state index >= 15 is 0 Å². The maximum atomic E-state index is 12.3. The van der Waals surface area contributed by atoms with Crippen LogP contribution in [0, 0.1) is 0 Å². The quantitative estimate of drug-likeness (QED) is 0.447. The average Bonchev–Trinajstić information content (AvgIpc) is 3.21. The van der Waals surface area contributed by atoms with E-state index in [1.54, 1.807) is 16.7 Å². The van der Waals surface area contributed by atoms with Crippen LogP contribution in [0.5, 0.6) is 0 Å². The van der Waals surface area contributed by atoms with E-state index in [9.17, 15) is 4.79 Å². The molecule has 0 bridgehead atoms. The van der Waals surface area contributed by atoms with Gasteiger partial charge in [-0.3, -0.25) is 9.69 Å². The first kappa shape index (κ1) is 19.3. The number of allylic oxidation sites excluding steroid dienone is 4. The van der Waals surface area contributed by atoms with Crippen LogP contribution in [0.3, 0.4) is 0 Å². The van der Waals surface area contributed by atoms with Crippen LogP contribution in [-0.2, 0) is 4.79 Å². The van der Waals surface area contributed by atoms with E-state index in [-0.39, 0.29) is 5.91 Å². The number of thioether (sulfide) groups is 2. The van der Waals surface area contributed by atoms with E-state index in [0.717, 1.165) is 6.54 Å². The number of hydrogen-bond acceptors (Lipinski definition) is 5. The molecule has 28 heavy (non-hydrogen) atoms. The lowest BCUT2D eigenvalue weighted by Crippen LogP contribution is -2.27. The summed E-state index contributed by atoms with van der Waals surface area (Å²) in [6.45, 7) is 5.63. The third kappa shape index (κ3) is 3.41. The highest BCUT2D eigenvalue weighted by Gasteiger charge is 2.30. The minimum atomic E-state index is -0.000830. The number of anilines is 1. The molecule has 0 radical (unpaired) electrons. The number of carbonyl (C=O) groups excluding carboxylic acids is 1. The fourth-order valence-electron chi connectivity index (χ4n) is 3.38. The normalized spacial score (nSPS) is 19.8. The van der Waals surface area contributed by atoms with E-state index in [2.05, 4.69) is 54.3 Å². The lowest BCUT2D eigenvalue weighted by molar-refractivity contribution is -0.122. The topological polar surface area (TPSA) is 23.6 Å². The zero-order chi connectivity index (χ0) is 19.7. The van der Waals surface area contributed by atoms with Gasteiger partial charge in [0.05, 0.1) is 15.6 Å². The predicted octanol–water partition coefficient (Wildman–Crippen LogP) is 5.93. The summed E-state index contributed by atoms with van der Waals surface area (Å²) in [5.74, 6) is -0.000830. The van der Waals surface area contributed by atoms with Crippen molar-refractivity contribution >= 4 is 62.4 Å². The van der Waals surface area contributed by atoms with Gasteiger partial charge in [-0.15, -0.1) is 0 Å². The van der Waals surface area contributed by atoms with Gasteiger partial charge in [-0.1, -0.05) is 78.2 Å². The van der Waals surface area contributed by atoms with Crippen molar-refractivity contribution in [3.05, 3.63) is 70.6 Å². The SMILES string of the molecule is CCN1C(=O)C(=CC=CC=C2Sc3ccc4ccccc4c3N2CC)SC1=S. The minimum Gasteiger partial charge on any atom is -0.335 e.